The molecular formula is C27H31N5O. The van der Waals surface area contributed by atoms with Gasteiger partial charge >= 0.3 is 0 Å². The molecule has 1 aromatic heterocycles. The molecule has 1 aliphatic rings. The van der Waals surface area contributed by atoms with E-state index in [9.17, 15) is 0 Å². The molecule has 0 spiro atoms. The standard InChI is InChI=1S/C27H31N5O/c1-4-29-27-26(19(2)28)31-18-32(27)16-24-14-25(24)17-33-20(3)30-15-21-9-8-12-23(13-21)22-10-6-5-7-11-22/h4-13,18,24-25,30H,2-3,14-17,28H2,1H3/b29-4-. The van der Waals surface area contributed by atoms with E-state index < -0.39 is 0 Å². The first-order valence-electron chi connectivity index (χ1n) is 11.2. The largest absolute Gasteiger partial charge is 0.479 e. The lowest BCUT2D eigenvalue weighted by molar-refractivity contribution is 0.174. The molecule has 0 bridgehead atoms. The summed E-state index contributed by atoms with van der Waals surface area (Å²) in [5.74, 6) is 2.39. The van der Waals surface area contributed by atoms with Gasteiger partial charge in [-0.2, -0.15) is 0 Å². The van der Waals surface area contributed by atoms with Gasteiger partial charge in [0.15, 0.2) is 11.7 Å². The minimum absolute atomic E-state index is 0.432. The zero-order valence-electron chi connectivity index (χ0n) is 19.1. The summed E-state index contributed by atoms with van der Waals surface area (Å²) in [6.45, 7) is 11.9. The van der Waals surface area contributed by atoms with Gasteiger partial charge in [0.25, 0.3) is 0 Å². The molecule has 1 heterocycles. The van der Waals surface area contributed by atoms with Crippen molar-refractivity contribution >= 4 is 17.7 Å². The van der Waals surface area contributed by atoms with Gasteiger partial charge in [0.05, 0.1) is 18.6 Å². The molecule has 0 amide bonds. The van der Waals surface area contributed by atoms with Crippen molar-refractivity contribution in [1.82, 2.24) is 14.9 Å². The molecule has 2 unspecified atom stereocenters. The average Bonchev–Trinajstić information content (AvgIpc) is 3.46. The molecule has 1 saturated carbocycles. The molecule has 170 valence electrons. The summed E-state index contributed by atoms with van der Waals surface area (Å²) in [4.78, 5) is 8.79. The van der Waals surface area contributed by atoms with Crippen molar-refractivity contribution in [3.05, 3.63) is 91.2 Å². The van der Waals surface area contributed by atoms with E-state index in [0.717, 1.165) is 18.8 Å². The summed E-state index contributed by atoms with van der Waals surface area (Å²) < 4.78 is 7.94. The van der Waals surface area contributed by atoms with Gasteiger partial charge in [-0.3, -0.25) is 0 Å². The molecule has 2 atom stereocenters. The molecule has 33 heavy (non-hydrogen) atoms. The van der Waals surface area contributed by atoms with Crippen molar-refractivity contribution < 1.29 is 4.74 Å². The fourth-order valence-electron chi connectivity index (χ4n) is 3.94. The molecule has 3 N–H and O–H groups in total. The maximum absolute atomic E-state index is 5.90. The number of nitrogens with one attached hydrogen (secondary N) is 1. The third-order valence-electron chi connectivity index (χ3n) is 5.86. The predicted octanol–water partition coefficient (Wildman–Crippen LogP) is 5.12. The molecule has 0 aliphatic heterocycles. The third kappa shape index (κ3) is 5.71. The first-order chi connectivity index (χ1) is 16.0. The molecule has 3 aromatic rings. The van der Waals surface area contributed by atoms with E-state index in [0.29, 0.717) is 42.3 Å². The number of hydrogen-bond acceptors (Lipinski definition) is 5. The van der Waals surface area contributed by atoms with Crippen LogP contribution in [0.1, 0.15) is 24.6 Å². The summed E-state index contributed by atoms with van der Waals surface area (Å²) in [5.41, 5.74) is 10.5. The number of rotatable bonds is 11. The second kappa shape index (κ2) is 10.2. The second-order valence-electron chi connectivity index (χ2n) is 8.39. The van der Waals surface area contributed by atoms with Gasteiger partial charge in [0.1, 0.15) is 5.69 Å². The Hall–Kier alpha value is -3.80. The number of aliphatic imine (C=N–C) groups is 1. The fraction of sp³-hybridized carbons (Fsp3) is 0.259. The minimum atomic E-state index is 0.432. The average molecular weight is 442 g/mol. The number of aromatic nitrogens is 2. The lowest BCUT2D eigenvalue weighted by atomic mass is 10.0. The van der Waals surface area contributed by atoms with Crippen LogP contribution in [-0.2, 0) is 17.8 Å². The van der Waals surface area contributed by atoms with E-state index in [2.05, 4.69) is 77.0 Å². The maximum atomic E-state index is 5.90. The molecule has 0 radical (unpaired) electrons. The van der Waals surface area contributed by atoms with Crippen LogP contribution in [0.15, 0.2) is 85.0 Å². The van der Waals surface area contributed by atoms with Crippen LogP contribution in [0.3, 0.4) is 0 Å². The van der Waals surface area contributed by atoms with Crippen LogP contribution in [0.25, 0.3) is 16.8 Å². The van der Waals surface area contributed by atoms with Crippen LogP contribution >= 0.6 is 0 Å². The fourth-order valence-corrected chi connectivity index (χ4v) is 3.94. The van der Waals surface area contributed by atoms with Gasteiger partial charge in [-0.05, 0) is 54.5 Å². The summed E-state index contributed by atoms with van der Waals surface area (Å²) >= 11 is 0. The summed E-state index contributed by atoms with van der Waals surface area (Å²) in [7, 11) is 0. The van der Waals surface area contributed by atoms with E-state index in [4.69, 9.17) is 10.5 Å². The first-order valence-corrected chi connectivity index (χ1v) is 11.2. The van der Waals surface area contributed by atoms with E-state index in [-0.39, 0.29) is 0 Å². The minimum Gasteiger partial charge on any atom is -0.479 e. The summed E-state index contributed by atoms with van der Waals surface area (Å²) in [6, 6.07) is 18.9. The first kappa shape index (κ1) is 22.4. The monoisotopic (exact) mass is 441 g/mol. The van der Waals surface area contributed by atoms with Crippen LogP contribution in [0, 0.1) is 11.8 Å². The number of nitrogens with zero attached hydrogens (tertiary/aromatic N) is 3. The third-order valence-corrected chi connectivity index (χ3v) is 5.86. The molecule has 6 nitrogen and oxygen atoms in total. The highest BCUT2D eigenvalue weighted by molar-refractivity contribution is 5.70. The Morgan fingerprint density at radius 2 is 1.97 bits per heavy atom. The highest BCUT2D eigenvalue weighted by atomic mass is 16.5. The Morgan fingerprint density at radius 1 is 1.18 bits per heavy atom. The van der Waals surface area contributed by atoms with Crippen molar-refractivity contribution in [3.63, 3.8) is 0 Å². The highest BCUT2D eigenvalue weighted by Crippen LogP contribution is 2.41. The van der Waals surface area contributed by atoms with Crippen molar-refractivity contribution in [1.29, 1.82) is 0 Å². The van der Waals surface area contributed by atoms with Crippen molar-refractivity contribution in [2.24, 2.45) is 22.6 Å². The normalized spacial score (nSPS) is 17.1. The van der Waals surface area contributed by atoms with Crippen molar-refractivity contribution in [2.45, 2.75) is 26.4 Å². The molecule has 4 rings (SSSR count). The van der Waals surface area contributed by atoms with Crippen LogP contribution in [-0.4, -0.2) is 22.4 Å². The number of nitrogens with two attached hydrogens (primary N) is 1. The molecule has 2 aromatic carbocycles. The lowest BCUT2D eigenvalue weighted by Crippen LogP contribution is -2.15. The Labute approximate surface area is 195 Å². The molecule has 1 fully saturated rings. The van der Waals surface area contributed by atoms with Gasteiger partial charge in [0, 0.05) is 19.3 Å². The molecule has 0 saturated heterocycles. The summed E-state index contributed by atoms with van der Waals surface area (Å²) in [5, 5.41) is 3.29. The van der Waals surface area contributed by atoms with Crippen molar-refractivity contribution in [2.75, 3.05) is 6.61 Å². The van der Waals surface area contributed by atoms with E-state index in [1.807, 2.05) is 17.6 Å². The number of ether oxygens (including phenoxy) is 1. The topological polar surface area (TPSA) is 77.5 Å². The highest BCUT2D eigenvalue weighted by Gasteiger charge is 2.38. The Morgan fingerprint density at radius 3 is 2.73 bits per heavy atom. The smallest absolute Gasteiger partial charge is 0.179 e. The van der Waals surface area contributed by atoms with E-state index >= 15 is 0 Å². The van der Waals surface area contributed by atoms with Gasteiger partial charge in [-0.1, -0.05) is 55.1 Å². The van der Waals surface area contributed by atoms with Crippen LogP contribution < -0.4 is 11.1 Å². The zero-order chi connectivity index (χ0) is 23.2. The van der Waals surface area contributed by atoms with Crippen LogP contribution in [0.2, 0.25) is 0 Å². The molecule has 1 aliphatic carbocycles. The quantitative estimate of drug-likeness (QED) is 0.320. The number of imidazole rings is 1. The van der Waals surface area contributed by atoms with Gasteiger partial charge in [0.2, 0.25) is 0 Å². The molecular weight excluding hydrogens is 410 g/mol. The SMILES string of the molecule is C=C(NCc1cccc(-c2ccccc2)c1)OCC1CC1Cn1cnc(C(=C)N)c1/N=C\C. The van der Waals surface area contributed by atoms with Crippen LogP contribution in [0.5, 0.6) is 0 Å². The Balaban J connectivity index is 1.23. The molecule has 6 heteroatoms. The zero-order valence-corrected chi connectivity index (χ0v) is 19.1. The number of benzene rings is 2. The van der Waals surface area contributed by atoms with E-state index in [1.165, 1.54) is 16.7 Å². The van der Waals surface area contributed by atoms with Crippen molar-refractivity contribution in [3.8, 4) is 11.1 Å². The van der Waals surface area contributed by atoms with E-state index in [1.54, 1.807) is 12.5 Å². The Kier molecular flexibility index (Phi) is 6.93. The van der Waals surface area contributed by atoms with Crippen LogP contribution in [0.4, 0.5) is 5.82 Å². The second-order valence-corrected chi connectivity index (χ2v) is 8.39. The van der Waals surface area contributed by atoms with Gasteiger partial charge in [-0.25, -0.2) is 9.98 Å². The maximum Gasteiger partial charge on any atom is 0.179 e. The predicted molar refractivity (Wildman–Crippen MR) is 135 cm³/mol. The summed E-state index contributed by atoms with van der Waals surface area (Å²) in [6.07, 6.45) is 4.65. The lowest BCUT2D eigenvalue weighted by Gasteiger charge is -2.12. The van der Waals surface area contributed by atoms with Gasteiger partial charge in [-0.15, -0.1) is 0 Å². The van der Waals surface area contributed by atoms with Gasteiger partial charge < -0.3 is 20.4 Å². The number of hydrogen-bond donors (Lipinski definition) is 2. The Bertz CT molecular complexity index is 1150.